The van der Waals surface area contributed by atoms with E-state index in [9.17, 15) is 4.39 Å². The molecule has 5 rings (SSSR count). The molecule has 6 nitrogen and oxygen atoms in total. The van der Waals surface area contributed by atoms with Crippen LogP contribution in [0.2, 0.25) is 0 Å². The smallest absolute Gasteiger partial charge is 0.223 e. The van der Waals surface area contributed by atoms with Crippen LogP contribution >= 0.6 is 24.0 Å². The molecule has 0 aliphatic carbocycles. The van der Waals surface area contributed by atoms with Crippen molar-refractivity contribution in [2.75, 3.05) is 11.9 Å². The summed E-state index contributed by atoms with van der Waals surface area (Å²) in [6.45, 7) is 0.679. The van der Waals surface area contributed by atoms with Gasteiger partial charge in [0, 0.05) is 23.2 Å². The predicted octanol–water partition coefficient (Wildman–Crippen LogP) is 6.12. The van der Waals surface area contributed by atoms with Crippen molar-refractivity contribution < 1.29 is 4.39 Å². The first kappa shape index (κ1) is 23.8. The highest BCUT2D eigenvalue weighted by Crippen LogP contribution is 2.32. The topological polar surface area (TPSA) is 68.5 Å². The molecular formula is C27H21FN6S2. The molecule has 2 heterocycles. The molecule has 0 aliphatic heterocycles. The van der Waals surface area contributed by atoms with Gasteiger partial charge in [0.05, 0.1) is 5.69 Å². The Morgan fingerprint density at radius 1 is 0.917 bits per heavy atom. The minimum Gasteiger partial charge on any atom is -0.354 e. The molecule has 178 valence electrons. The minimum absolute atomic E-state index is 0.324. The van der Waals surface area contributed by atoms with Gasteiger partial charge in [-0.2, -0.15) is 4.68 Å². The van der Waals surface area contributed by atoms with Crippen molar-refractivity contribution in [3.63, 3.8) is 0 Å². The molecule has 0 unspecified atom stereocenters. The third-order valence-electron chi connectivity index (χ3n) is 5.35. The molecule has 0 fully saturated rings. The van der Waals surface area contributed by atoms with Gasteiger partial charge in [-0.1, -0.05) is 65.5 Å². The van der Waals surface area contributed by atoms with E-state index < -0.39 is 0 Å². The van der Waals surface area contributed by atoms with Gasteiger partial charge in [-0.25, -0.2) is 14.4 Å². The third-order valence-corrected chi connectivity index (χ3v) is 6.63. The van der Waals surface area contributed by atoms with E-state index in [1.807, 2.05) is 48.5 Å². The van der Waals surface area contributed by atoms with Gasteiger partial charge in [0.25, 0.3) is 0 Å². The number of thioether (sulfide) groups is 1. The molecule has 0 aliphatic rings. The van der Waals surface area contributed by atoms with Crippen LogP contribution in [-0.2, 0) is 6.42 Å². The zero-order chi connectivity index (χ0) is 24.7. The van der Waals surface area contributed by atoms with E-state index >= 15 is 0 Å². The molecule has 0 saturated heterocycles. The molecule has 5 aromatic rings. The highest BCUT2D eigenvalue weighted by Gasteiger charge is 2.21. The van der Waals surface area contributed by atoms with Crippen LogP contribution in [0.4, 0.5) is 10.3 Å². The summed E-state index contributed by atoms with van der Waals surface area (Å²) >= 11 is 7.14. The van der Waals surface area contributed by atoms with Gasteiger partial charge in [-0.3, -0.25) is 0 Å². The van der Waals surface area contributed by atoms with E-state index in [-0.39, 0.29) is 5.82 Å². The number of thiocarbonyl (C=S) groups is 1. The Balaban J connectivity index is 1.47. The van der Waals surface area contributed by atoms with E-state index in [2.05, 4.69) is 32.7 Å². The Bertz CT molecular complexity index is 1460. The number of nitrogens with one attached hydrogen (secondary N) is 1. The second-order valence-corrected chi connectivity index (χ2v) is 9.52. The molecule has 36 heavy (non-hydrogen) atoms. The standard InChI is InChI=1S/C27H21FN6S2/c28-21-13-11-20(12-14-21)24-25(34(33-32-24)27(35)36-22-9-5-2-6-10-22)23-16-18-30-26(31-23)29-17-15-19-7-3-1-4-8-19/h1-14,16,18H,15,17H2,(H,29,30,31). The summed E-state index contributed by atoms with van der Waals surface area (Å²) < 4.78 is 15.7. The molecule has 0 amide bonds. The first-order chi connectivity index (χ1) is 17.7. The molecule has 0 saturated carbocycles. The molecular weight excluding hydrogens is 491 g/mol. The maximum absolute atomic E-state index is 13.6. The Hall–Kier alpha value is -3.95. The van der Waals surface area contributed by atoms with E-state index in [4.69, 9.17) is 17.2 Å². The van der Waals surface area contributed by atoms with Gasteiger partial charge >= 0.3 is 0 Å². The van der Waals surface area contributed by atoms with Gasteiger partial charge in [-0.05, 0) is 66.7 Å². The van der Waals surface area contributed by atoms with Crippen molar-refractivity contribution in [3.05, 3.63) is 109 Å². The maximum atomic E-state index is 13.6. The van der Waals surface area contributed by atoms with Crippen molar-refractivity contribution >= 4 is 34.2 Å². The number of benzene rings is 3. The molecule has 0 bridgehead atoms. The fourth-order valence-electron chi connectivity index (χ4n) is 3.61. The van der Waals surface area contributed by atoms with E-state index in [0.717, 1.165) is 11.3 Å². The molecule has 2 aromatic heterocycles. The summed E-state index contributed by atoms with van der Waals surface area (Å²) in [6, 6.07) is 28.0. The normalized spacial score (nSPS) is 10.8. The van der Waals surface area contributed by atoms with Gasteiger partial charge in [0.1, 0.15) is 17.2 Å². The lowest BCUT2D eigenvalue weighted by Crippen LogP contribution is -2.11. The van der Waals surface area contributed by atoms with Crippen molar-refractivity contribution in [2.24, 2.45) is 0 Å². The second-order valence-electron chi connectivity index (χ2n) is 7.81. The Morgan fingerprint density at radius 2 is 1.64 bits per heavy atom. The number of hydrogen-bond acceptors (Lipinski definition) is 7. The quantitative estimate of drug-likeness (QED) is 0.208. The summed E-state index contributed by atoms with van der Waals surface area (Å²) in [5.74, 6) is 0.164. The highest BCUT2D eigenvalue weighted by molar-refractivity contribution is 8.23. The minimum atomic E-state index is -0.324. The lowest BCUT2D eigenvalue weighted by Gasteiger charge is -2.10. The van der Waals surface area contributed by atoms with E-state index in [0.29, 0.717) is 39.5 Å². The number of halogens is 1. The van der Waals surface area contributed by atoms with Gasteiger partial charge in [0.15, 0.2) is 4.32 Å². The SMILES string of the molecule is Fc1ccc(-c2nnn(C(=S)Sc3ccccc3)c2-c2ccnc(NCCc3ccccc3)n2)cc1. The van der Waals surface area contributed by atoms with Crippen molar-refractivity contribution in [2.45, 2.75) is 11.3 Å². The summed E-state index contributed by atoms with van der Waals surface area (Å²) in [4.78, 5) is 10.1. The van der Waals surface area contributed by atoms with Crippen molar-refractivity contribution in [3.8, 4) is 22.6 Å². The first-order valence-corrected chi connectivity index (χ1v) is 12.5. The van der Waals surface area contributed by atoms with Crippen LogP contribution in [0.3, 0.4) is 0 Å². The Morgan fingerprint density at radius 3 is 2.39 bits per heavy atom. The second kappa shape index (κ2) is 11.2. The molecule has 0 spiro atoms. The number of hydrogen-bond donors (Lipinski definition) is 1. The summed E-state index contributed by atoms with van der Waals surface area (Å²) in [7, 11) is 0. The summed E-state index contributed by atoms with van der Waals surface area (Å²) in [5.41, 5.74) is 3.71. The summed E-state index contributed by atoms with van der Waals surface area (Å²) in [5, 5.41) is 12.0. The Labute approximate surface area is 217 Å². The first-order valence-electron chi connectivity index (χ1n) is 11.3. The fraction of sp³-hybridized carbons (Fsp3) is 0.0741. The van der Waals surface area contributed by atoms with Crippen LogP contribution in [0.5, 0.6) is 0 Å². The molecule has 0 atom stereocenters. The van der Waals surface area contributed by atoms with Crippen LogP contribution < -0.4 is 5.32 Å². The number of nitrogens with zero attached hydrogens (tertiary/aromatic N) is 5. The lowest BCUT2D eigenvalue weighted by atomic mass is 10.1. The van der Waals surface area contributed by atoms with Crippen LogP contribution in [-0.4, -0.2) is 35.8 Å². The number of anilines is 1. The van der Waals surface area contributed by atoms with E-state index in [1.54, 1.807) is 29.1 Å². The Kier molecular flexibility index (Phi) is 7.39. The van der Waals surface area contributed by atoms with Crippen LogP contribution in [0.25, 0.3) is 22.6 Å². The zero-order valence-corrected chi connectivity index (χ0v) is 20.7. The highest BCUT2D eigenvalue weighted by atomic mass is 32.2. The lowest BCUT2D eigenvalue weighted by molar-refractivity contribution is 0.628. The average Bonchev–Trinajstić information content (AvgIpc) is 3.36. The fourth-order valence-corrected chi connectivity index (χ4v) is 4.74. The van der Waals surface area contributed by atoms with Crippen molar-refractivity contribution in [1.82, 2.24) is 25.0 Å². The van der Waals surface area contributed by atoms with Gasteiger partial charge < -0.3 is 5.32 Å². The maximum Gasteiger partial charge on any atom is 0.223 e. The van der Waals surface area contributed by atoms with E-state index in [1.165, 1.54) is 29.5 Å². The average molecular weight is 513 g/mol. The summed E-state index contributed by atoms with van der Waals surface area (Å²) in [6.07, 6.45) is 2.53. The number of aromatic nitrogens is 5. The third kappa shape index (κ3) is 5.64. The van der Waals surface area contributed by atoms with Crippen molar-refractivity contribution in [1.29, 1.82) is 0 Å². The molecule has 1 N–H and O–H groups in total. The van der Waals surface area contributed by atoms with Gasteiger partial charge in [0.2, 0.25) is 5.95 Å². The predicted molar refractivity (Wildman–Crippen MR) is 145 cm³/mol. The zero-order valence-electron chi connectivity index (χ0n) is 19.1. The number of rotatable bonds is 7. The van der Waals surface area contributed by atoms with Crippen LogP contribution in [0.15, 0.2) is 102 Å². The monoisotopic (exact) mass is 512 g/mol. The largest absolute Gasteiger partial charge is 0.354 e. The molecule has 3 aromatic carbocycles. The molecule has 9 heteroatoms. The molecule has 0 radical (unpaired) electrons. The van der Waals surface area contributed by atoms with Crippen LogP contribution in [0.1, 0.15) is 5.56 Å². The van der Waals surface area contributed by atoms with Crippen LogP contribution in [0, 0.1) is 5.82 Å². The van der Waals surface area contributed by atoms with Gasteiger partial charge in [-0.15, -0.1) is 5.10 Å².